The predicted molar refractivity (Wildman–Crippen MR) is 53.6 cm³/mol. The third-order valence-corrected chi connectivity index (χ3v) is 2.44. The van der Waals surface area contributed by atoms with Crippen molar-refractivity contribution in [3.05, 3.63) is 47.5 Å². The second-order valence-corrected chi connectivity index (χ2v) is 3.32. The van der Waals surface area contributed by atoms with E-state index in [1.165, 1.54) is 0 Å². The Morgan fingerprint density at radius 1 is 1.36 bits per heavy atom. The number of hydrogen-bond acceptors (Lipinski definition) is 2. The van der Waals surface area contributed by atoms with Crippen molar-refractivity contribution >= 4 is 5.97 Å². The van der Waals surface area contributed by atoms with Crippen LogP contribution in [0.5, 0.6) is 0 Å². The van der Waals surface area contributed by atoms with E-state index in [2.05, 4.69) is 0 Å². The molecule has 1 fully saturated rings. The average molecular weight is 188 g/mol. The Morgan fingerprint density at radius 3 is 2.64 bits per heavy atom. The molecular weight excluding hydrogens is 176 g/mol. The van der Waals surface area contributed by atoms with E-state index in [1.807, 2.05) is 43.3 Å². The molecule has 0 saturated carbocycles. The minimum atomic E-state index is -0.179. The van der Waals surface area contributed by atoms with Crippen LogP contribution in [0.2, 0.25) is 0 Å². The molecule has 0 radical (unpaired) electrons. The van der Waals surface area contributed by atoms with Gasteiger partial charge in [0, 0.05) is 12.0 Å². The zero-order valence-corrected chi connectivity index (χ0v) is 8.07. The van der Waals surface area contributed by atoms with Gasteiger partial charge in [-0.05, 0) is 12.5 Å². The van der Waals surface area contributed by atoms with E-state index in [0.29, 0.717) is 6.42 Å². The van der Waals surface area contributed by atoms with Gasteiger partial charge in [0.05, 0.1) is 0 Å². The van der Waals surface area contributed by atoms with E-state index in [0.717, 1.165) is 11.1 Å². The van der Waals surface area contributed by atoms with Crippen molar-refractivity contribution in [2.24, 2.45) is 0 Å². The van der Waals surface area contributed by atoms with Crippen LogP contribution in [0.3, 0.4) is 0 Å². The molecule has 1 aromatic carbocycles. The van der Waals surface area contributed by atoms with Crippen molar-refractivity contribution in [2.75, 3.05) is 0 Å². The van der Waals surface area contributed by atoms with Gasteiger partial charge in [-0.3, -0.25) is 0 Å². The van der Waals surface area contributed by atoms with Gasteiger partial charge in [0.25, 0.3) is 0 Å². The van der Waals surface area contributed by atoms with Crippen LogP contribution in [0.25, 0.3) is 0 Å². The minimum absolute atomic E-state index is 0.0881. The normalized spacial score (nSPS) is 23.9. The smallest absolute Gasteiger partial charge is 0.334 e. The van der Waals surface area contributed by atoms with Crippen molar-refractivity contribution < 1.29 is 9.53 Å². The molecule has 2 heteroatoms. The first-order valence-corrected chi connectivity index (χ1v) is 4.72. The molecule has 1 atom stereocenters. The van der Waals surface area contributed by atoms with E-state index < -0.39 is 0 Å². The molecule has 14 heavy (non-hydrogen) atoms. The summed E-state index contributed by atoms with van der Waals surface area (Å²) in [6.07, 6.45) is 2.43. The van der Waals surface area contributed by atoms with Crippen LogP contribution in [0, 0.1) is 0 Å². The lowest BCUT2D eigenvalue weighted by Crippen LogP contribution is -1.98. The summed E-state index contributed by atoms with van der Waals surface area (Å²) in [4.78, 5) is 11.3. The second-order valence-electron chi connectivity index (χ2n) is 3.32. The van der Waals surface area contributed by atoms with Gasteiger partial charge in [-0.25, -0.2) is 4.79 Å². The third-order valence-electron chi connectivity index (χ3n) is 2.44. The van der Waals surface area contributed by atoms with Gasteiger partial charge in [0.2, 0.25) is 0 Å². The first kappa shape index (κ1) is 9.00. The second kappa shape index (κ2) is 3.66. The lowest BCUT2D eigenvalue weighted by molar-refractivity contribution is -0.139. The van der Waals surface area contributed by atoms with E-state index in [-0.39, 0.29) is 12.1 Å². The molecule has 1 aliphatic rings. The fraction of sp³-hybridized carbons (Fsp3) is 0.250. The minimum Gasteiger partial charge on any atom is -0.454 e. The monoisotopic (exact) mass is 188 g/mol. The van der Waals surface area contributed by atoms with Gasteiger partial charge in [-0.1, -0.05) is 36.4 Å². The largest absolute Gasteiger partial charge is 0.454 e. The summed E-state index contributed by atoms with van der Waals surface area (Å²) in [5.74, 6) is -0.179. The van der Waals surface area contributed by atoms with Gasteiger partial charge in [-0.15, -0.1) is 0 Å². The van der Waals surface area contributed by atoms with Gasteiger partial charge in [0.1, 0.15) is 6.10 Å². The molecular formula is C12H12O2. The number of hydrogen-bond donors (Lipinski definition) is 0. The summed E-state index contributed by atoms with van der Waals surface area (Å²) in [5, 5.41) is 0. The number of rotatable bonds is 1. The fourth-order valence-electron chi connectivity index (χ4n) is 1.62. The number of allylic oxidation sites excluding steroid dienone is 1. The van der Waals surface area contributed by atoms with Crippen LogP contribution >= 0.6 is 0 Å². The first-order chi connectivity index (χ1) is 6.81. The van der Waals surface area contributed by atoms with Crippen molar-refractivity contribution in [1.82, 2.24) is 0 Å². The molecule has 1 aliphatic heterocycles. The van der Waals surface area contributed by atoms with E-state index in [1.54, 1.807) is 0 Å². The van der Waals surface area contributed by atoms with Crippen LogP contribution in [0.15, 0.2) is 42.0 Å². The maximum atomic E-state index is 11.3. The Balaban J connectivity index is 2.21. The lowest BCUT2D eigenvalue weighted by Gasteiger charge is -2.07. The van der Waals surface area contributed by atoms with Crippen LogP contribution in [0.4, 0.5) is 0 Å². The summed E-state index contributed by atoms with van der Waals surface area (Å²) in [7, 11) is 0. The van der Waals surface area contributed by atoms with E-state index in [4.69, 9.17) is 4.74 Å². The molecule has 1 aromatic rings. The highest BCUT2D eigenvalue weighted by Gasteiger charge is 2.28. The average Bonchev–Trinajstić information content (AvgIpc) is 2.61. The van der Waals surface area contributed by atoms with Crippen LogP contribution in [-0.4, -0.2) is 5.97 Å². The van der Waals surface area contributed by atoms with Crippen LogP contribution in [-0.2, 0) is 9.53 Å². The van der Waals surface area contributed by atoms with Crippen molar-refractivity contribution in [1.29, 1.82) is 0 Å². The summed E-state index contributed by atoms with van der Waals surface area (Å²) >= 11 is 0. The van der Waals surface area contributed by atoms with E-state index in [9.17, 15) is 4.79 Å². The maximum absolute atomic E-state index is 11.3. The number of benzene rings is 1. The zero-order chi connectivity index (χ0) is 9.97. The molecule has 0 aromatic heterocycles. The Bertz CT molecular complexity index is 365. The Labute approximate surface area is 83.2 Å². The zero-order valence-electron chi connectivity index (χ0n) is 8.07. The first-order valence-electron chi connectivity index (χ1n) is 4.72. The SMILES string of the molecule is C/C=C1/CC(c2ccccc2)OC1=O. The molecule has 0 spiro atoms. The molecule has 0 aliphatic carbocycles. The van der Waals surface area contributed by atoms with Gasteiger partial charge < -0.3 is 4.74 Å². The molecule has 0 bridgehead atoms. The standard InChI is InChI=1S/C12H12O2/c1-2-9-8-11(14-12(9)13)10-6-4-3-5-7-10/h2-7,11H,8H2,1H3/b9-2-. The Hall–Kier alpha value is -1.57. The number of cyclic esters (lactones) is 1. The number of esters is 1. The summed E-state index contributed by atoms with van der Waals surface area (Å²) in [6.45, 7) is 1.87. The molecule has 0 amide bonds. The van der Waals surface area contributed by atoms with Gasteiger partial charge in [0.15, 0.2) is 0 Å². The lowest BCUT2D eigenvalue weighted by atomic mass is 10.0. The Kier molecular flexibility index (Phi) is 2.35. The van der Waals surface area contributed by atoms with Crippen molar-refractivity contribution in [3.8, 4) is 0 Å². The molecule has 0 N–H and O–H groups in total. The van der Waals surface area contributed by atoms with Crippen molar-refractivity contribution in [3.63, 3.8) is 0 Å². The highest BCUT2D eigenvalue weighted by atomic mass is 16.5. The van der Waals surface area contributed by atoms with Crippen LogP contribution < -0.4 is 0 Å². The van der Waals surface area contributed by atoms with Gasteiger partial charge in [-0.2, -0.15) is 0 Å². The quantitative estimate of drug-likeness (QED) is 0.500. The highest BCUT2D eigenvalue weighted by molar-refractivity contribution is 5.90. The summed E-state index contributed by atoms with van der Waals surface area (Å²) < 4.78 is 5.24. The molecule has 2 nitrogen and oxygen atoms in total. The number of carbonyl (C=O) groups excluding carboxylic acids is 1. The van der Waals surface area contributed by atoms with Crippen molar-refractivity contribution in [2.45, 2.75) is 19.4 Å². The molecule has 1 saturated heterocycles. The Morgan fingerprint density at radius 2 is 2.07 bits per heavy atom. The molecule has 72 valence electrons. The fourth-order valence-corrected chi connectivity index (χ4v) is 1.62. The predicted octanol–water partition coefficient (Wildman–Crippen LogP) is 2.62. The maximum Gasteiger partial charge on any atom is 0.334 e. The van der Waals surface area contributed by atoms with Crippen LogP contribution in [0.1, 0.15) is 25.0 Å². The molecule has 1 unspecified atom stereocenters. The molecule has 1 heterocycles. The summed E-state index contributed by atoms with van der Waals surface area (Å²) in [6, 6.07) is 9.83. The highest BCUT2D eigenvalue weighted by Crippen LogP contribution is 2.32. The van der Waals surface area contributed by atoms with Gasteiger partial charge >= 0.3 is 5.97 Å². The molecule has 2 rings (SSSR count). The number of ether oxygens (including phenoxy) is 1. The van der Waals surface area contributed by atoms with E-state index >= 15 is 0 Å². The number of carbonyl (C=O) groups is 1. The third kappa shape index (κ3) is 1.55. The summed E-state index contributed by atoms with van der Waals surface area (Å²) in [5.41, 5.74) is 1.84. The topological polar surface area (TPSA) is 26.3 Å².